The van der Waals surface area contributed by atoms with Crippen molar-refractivity contribution >= 4 is 10.1 Å². The van der Waals surface area contributed by atoms with Crippen molar-refractivity contribution in [2.24, 2.45) is 0 Å². The topological polar surface area (TPSA) is 52.6 Å². The standard InChI is InChI=1S/C6H10O4S/c1-11(7,8)10-6-3-2-4-9-5-6/h2-3,6H,4-5H2,1H3. The van der Waals surface area contributed by atoms with Gasteiger partial charge in [0.2, 0.25) is 0 Å². The summed E-state index contributed by atoms with van der Waals surface area (Å²) in [4.78, 5) is 0. The Hall–Kier alpha value is -0.390. The summed E-state index contributed by atoms with van der Waals surface area (Å²) in [5.41, 5.74) is 0. The zero-order valence-corrected chi connectivity index (χ0v) is 7.00. The first kappa shape index (κ1) is 8.70. The first-order valence-electron chi connectivity index (χ1n) is 3.20. The van der Waals surface area contributed by atoms with E-state index in [2.05, 4.69) is 4.18 Å². The lowest BCUT2D eigenvalue weighted by atomic mass is 10.3. The van der Waals surface area contributed by atoms with Crippen LogP contribution in [0.1, 0.15) is 0 Å². The van der Waals surface area contributed by atoms with Crippen LogP contribution in [0.2, 0.25) is 0 Å². The van der Waals surface area contributed by atoms with Gasteiger partial charge in [-0.2, -0.15) is 8.42 Å². The third-order valence-electron chi connectivity index (χ3n) is 1.15. The van der Waals surface area contributed by atoms with Gasteiger partial charge in [-0.15, -0.1) is 0 Å². The monoisotopic (exact) mass is 178 g/mol. The molecule has 0 aromatic heterocycles. The predicted molar refractivity (Wildman–Crippen MR) is 39.7 cm³/mol. The van der Waals surface area contributed by atoms with Crippen molar-refractivity contribution in [3.63, 3.8) is 0 Å². The van der Waals surface area contributed by atoms with Gasteiger partial charge in [0.05, 0.1) is 19.5 Å². The first-order valence-corrected chi connectivity index (χ1v) is 5.02. The molecule has 0 saturated carbocycles. The molecule has 4 nitrogen and oxygen atoms in total. The van der Waals surface area contributed by atoms with Crippen LogP contribution in [0.25, 0.3) is 0 Å². The molecule has 0 saturated heterocycles. The van der Waals surface area contributed by atoms with E-state index in [1.807, 2.05) is 0 Å². The average molecular weight is 178 g/mol. The highest BCUT2D eigenvalue weighted by atomic mass is 32.2. The third-order valence-corrected chi connectivity index (χ3v) is 1.74. The van der Waals surface area contributed by atoms with E-state index in [1.165, 1.54) is 0 Å². The van der Waals surface area contributed by atoms with Crippen LogP contribution < -0.4 is 0 Å². The molecular formula is C6H10O4S. The molecule has 5 heteroatoms. The van der Waals surface area contributed by atoms with Gasteiger partial charge < -0.3 is 4.74 Å². The van der Waals surface area contributed by atoms with Gasteiger partial charge in [0.1, 0.15) is 6.10 Å². The van der Waals surface area contributed by atoms with Crippen molar-refractivity contribution in [2.75, 3.05) is 19.5 Å². The Bertz CT molecular complexity index is 241. The molecule has 0 aliphatic carbocycles. The van der Waals surface area contributed by atoms with Gasteiger partial charge >= 0.3 is 0 Å². The van der Waals surface area contributed by atoms with E-state index in [0.717, 1.165) is 6.26 Å². The summed E-state index contributed by atoms with van der Waals surface area (Å²) < 4.78 is 30.8. The summed E-state index contributed by atoms with van der Waals surface area (Å²) in [6.07, 6.45) is 4.00. The molecule has 1 rings (SSSR count). The van der Waals surface area contributed by atoms with Crippen molar-refractivity contribution < 1.29 is 17.3 Å². The summed E-state index contributed by atoms with van der Waals surface area (Å²) in [6, 6.07) is 0. The zero-order valence-electron chi connectivity index (χ0n) is 6.19. The zero-order chi connectivity index (χ0) is 8.32. The summed E-state index contributed by atoms with van der Waals surface area (Å²) in [5, 5.41) is 0. The summed E-state index contributed by atoms with van der Waals surface area (Å²) >= 11 is 0. The highest BCUT2D eigenvalue weighted by Crippen LogP contribution is 2.04. The summed E-state index contributed by atoms with van der Waals surface area (Å²) in [7, 11) is -3.35. The molecule has 1 heterocycles. The van der Waals surface area contributed by atoms with Crippen LogP contribution in [0.5, 0.6) is 0 Å². The Kier molecular flexibility index (Phi) is 2.64. The van der Waals surface area contributed by atoms with Gasteiger partial charge in [-0.3, -0.25) is 4.18 Å². The lowest BCUT2D eigenvalue weighted by molar-refractivity contribution is 0.0791. The van der Waals surface area contributed by atoms with E-state index in [4.69, 9.17) is 4.74 Å². The molecule has 64 valence electrons. The maximum Gasteiger partial charge on any atom is 0.265 e. The summed E-state index contributed by atoms with van der Waals surface area (Å²) in [5.74, 6) is 0. The molecule has 0 aromatic rings. The molecular weight excluding hydrogens is 168 g/mol. The van der Waals surface area contributed by atoms with Crippen molar-refractivity contribution in [3.05, 3.63) is 12.2 Å². The minimum atomic E-state index is -3.35. The second-order valence-corrected chi connectivity index (χ2v) is 3.91. The molecule has 0 spiro atoms. The normalized spacial score (nSPS) is 25.4. The Morgan fingerprint density at radius 1 is 1.64 bits per heavy atom. The largest absolute Gasteiger partial charge is 0.374 e. The van der Waals surface area contributed by atoms with Crippen LogP contribution in [0, 0.1) is 0 Å². The Morgan fingerprint density at radius 2 is 2.36 bits per heavy atom. The SMILES string of the molecule is CS(=O)(=O)OC1C=CCOC1. The molecule has 0 N–H and O–H groups in total. The van der Waals surface area contributed by atoms with Crippen molar-refractivity contribution in [3.8, 4) is 0 Å². The van der Waals surface area contributed by atoms with E-state index in [1.54, 1.807) is 12.2 Å². The molecule has 1 aliphatic rings. The van der Waals surface area contributed by atoms with E-state index in [0.29, 0.717) is 13.2 Å². The van der Waals surface area contributed by atoms with Gasteiger partial charge in [0.25, 0.3) is 10.1 Å². The quantitative estimate of drug-likeness (QED) is 0.438. The van der Waals surface area contributed by atoms with Gasteiger partial charge in [-0.05, 0) is 0 Å². The molecule has 0 fully saturated rings. The van der Waals surface area contributed by atoms with Gasteiger partial charge in [-0.1, -0.05) is 12.2 Å². The second-order valence-electron chi connectivity index (χ2n) is 2.30. The van der Waals surface area contributed by atoms with E-state index >= 15 is 0 Å². The number of ether oxygens (including phenoxy) is 1. The fraction of sp³-hybridized carbons (Fsp3) is 0.667. The van der Waals surface area contributed by atoms with Crippen LogP contribution >= 0.6 is 0 Å². The van der Waals surface area contributed by atoms with E-state index in [9.17, 15) is 8.42 Å². The lowest BCUT2D eigenvalue weighted by Crippen LogP contribution is -2.23. The minimum absolute atomic E-state index is 0.309. The van der Waals surface area contributed by atoms with Crippen LogP contribution in [0.3, 0.4) is 0 Å². The highest BCUT2D eigenvalue weighted by molar-refractivity contribution is 7.86. The summed E-state index contributed by atoms with van der Waals surface area (Å²) in [6.45, 7) is 0.840. The number of hydrogen-bond acceptors (Lipinski definition) is 4. The molecule has 0 amide bonds. The predicted octanol–water partition coefficient (Wildman–Crippen LogP) is -0.0824. The molecule has 11 heavy (non-hydrogen) atoms. The van der Waals surface area contributed by atoms with Crippen LogP contribution in [-0.4, -0.2) is 34.0 Å². The highest BCUT2D eigenvalue weighted by Gasteiger charge is 2.14. The Morgan fingerprint density at radius 3 is 2.82 bits per heavy atom. The number of rotatable bonds is 2. The van der Waals surface area contributed by atoms with Gasteiger partial charge in [0.15, 0.2) is 0 Å². The maximum absolute atomic E-state index is 10.6. The van der Waals surface area contributed by atoms with Crippen molar-refractivity contribution in [2.45, 2.75) is 6.10 Å². The van der Waals surface area contributed by atoms with E-state index < -0.39 is 16.2 Å². The van der Waals surface area contributed by atoms with Gasteiger partial charge in [-0.25, -0.2) is 0 Å². The molecule has 0 radical (unpaired) electrons. The average Bonchev–Trinajstić information content (AvgIpc) is 1.85. The van der Waals surface area contributed by atoms with Gasteiger partial charge in [0, 0.05) is 0 Å². The third kappa shape index (κ3) is 3.50. The molecule has 0 aromatic carbocycles. The Balaban J connectivity index is 2.49. The smallest absolute Gasteiger partial charge is 0.265 e. The fourth-order valence-corrected chi connectivity index (χ4v) is 1.37. The molecule has 1 atom stereocenters. The second kappa shape index (κ2) is 3.34. The van der Waals surface area contributed by atoms with Crippen LogP contribution in [0.15, 0.2) is 12.2 Å². The minimum Gasteiger partial charge on any atom is -0.374 e. The number of hydrogen-bond donors (Lipinski definition) is 0. The maximum atomic E-state index is 10.6. The fourth-order valence-electron chi connectivity index (χ4n) is 0.799. The van der Waals surface area contributed by atoms with Crippen LogP contribution in [-0.2, 0) is 19.0 Å². The van der Waals surface area contributed by atoms with Crippen molar-refractivity contribution in [1.82, 2.24) is 0 Å². The lowest BCUT2D eigenvalue weighted by Gasteiger charge is -2.15. The molecule has 0 bridgehead atoms. The molecule has 1 unspecified atom stereocenters. The molecule has 1 aliphatic heterocycles. The first-order chi connectivity index (χ1) is 5.08. The van der Waals surface area contributed by atoms with Crippen LogP contribution in [0.4, 0.5) is 0 Å². The van der Waals surface area contributed by atoms with E-state index in [-0.39, 0.29) is 0 Å². The Labute approximate surface area is 65.9 Å². The van der Waals surface area contributed by atoms with Crippen molar-refractivity contribution in [1.29, 1.82) is 0 Å².